The molecule has 0 bridgehead atoms. The molecule has 436 valence electrons. The van der Waals surface area contributed by atoms with Crippen molar-refractivity contribution < 1.29 is 30.8 Å². The van der Waals surface area contributed by atoms with E-state index in [4.69, 9.17) is 19.8 Å². The van der Waals surface area contributed by atoms with Crippen molar-refractivity contribution in [3.05, 3.63) is 339 Å². The Hall–Kier alpha value is -12.4. The second-order valence-electron chi connectivity index (χ2n) is 23.6. The van der Waals surface area contributed by atoms with Crippen LogP contribution in [0.25, 0.3) is 197 Å². The molecule has 2 aromatic heterocycles. The third-order valence-electron chi connectivity index (χ3n) is 18.6. The Balaban J connectivity index is 0.000000149. The van der Waals surface area contributed by atoms with Gasteiger partial charge in [0.15, 0.2) is 0 Å². The zero-order chi connectivity index (χ0) is 75.7. The molecular weight excluding hydrogens is 1140 g/mol. The van der Waals surface area contributed by atoms with Crippen molar-refractivity contribution in [3.8, 4) is 66.8 Å². The van der Waals surface area contributed by atoms with E-state index in [0.29, 0.717) is 44.5 Å². The van der Waals surface area contributed by atoms with Gasteiger partial charge in [0.1, 0.15) is 22.3 Å². The average Bonchev–Trinajstić information content (AvgIpc) is 0.915. The first-order chi connectivity index (χ1) is 53.3. The molecule has 20 rings (SSSR count). The van der Waals surface area contributed by atoms with Gasteiger partial charge in [-0.2, -0.15) is 0 Å². The van der Waals surface area contributed by atoms with Gasteiger partial charge in [-0.3, -0.25) is 0 Å². The Kier molecular flexibility index (Phi) is 9.15. The van der Waals surface area contributed by atoms with E-state index in [0.717, 1.165) is 109 Å². The van der Waals surface area contributed by atoms with Crippen molar-refractivity contribution >= 4 is 130 Å². The van der Waals surface area contributed by atoms with Crippen LogP contribution in [-0.2, 0) is 0 Å². The number of rotatable bonds is 6. The molecule has 94 heavy (non-hydrogen) atoms. The largest absolute Gasteiger partial charge is 0.456 e. The Morgan fingerprint density at radius 3 is 1.01 bits per heavy atom. The maximum atomic E-state index is 9.42. The fraction of sp³-hybridized carbons (Fsp3) is 0. The molecule has 0 saturated carbocycles. The molecule has 0 atom stereocenters. The van der Waals surface area contributed by atoms with Crippen LogP contribution in [0, 0.1) is 0 Å². The highest BCUT2D eigenvalue weighted by atomic mass is 16.3. The fourth-order valence-corrected chi connectivity index (χ4v) is 14.5. The van der Waals surface area contributed by atoms with Crippen LogP contribution in [0.15, 0.2) is 348 Å². The number of benzene rings is 18. The number of para-hydroxylation sites is 2. The van der Waals surface area contributed by atoms with Crippen LogP contribution in [0.4, 0.5) is 0 Å². The third kappa shape index (κ3) is 8.51. The van der Waals surface area contributed by atoms with Crippen molar-refractivity contribution in [3.63, 3.8) is 0 Å². The van der Waals surface area contributed by atoms with Crippen molar-refractivity contribution in [2.24, 2.45) is 0 Å². The summed E-state index contributed by atoms with van der Waals surface area (Å²) in [6.45, 7) is 0. The molecule has 18 aromatic carbocycles. The summed E-state index contributed by atoms with van der Waals surface area (Å²) in [5, 5.41) is 13.0. The summed E-state index contributed by atoms with van der Waals surface area (Å²) in [4.78, 5) is 0. The van der Waals surface area contributed by atoms with E-state index in [1.165, 1.54) is 0 Å². The number of furan rings is 2. The van der Waals surface area contributed by atoms with Gasteiger partial charge in [0.25, 0.3) is 0 Å². The lowest BCUT2D eigenvalue weighted by atomic mass is 9.83. The van der Waals surface area contributed by atoms with E-state index in [2.05, 4.69) is 0 Å². The minimum atomic E-state index is -0.427. The fourth-order valence-electron chi connectivity index (χ4n) is 14.5. The minimum absolute atomic E-state index is 0.187. The zero-order valence-electron chi connectivity index (χ0n) is 65.9. The van der Waals surface area contributed by atoms with Crippen LogP contribution < -0.4 is 0 Å². The second kappa shape index (κ2) is 21.7. The lowest BCUT2D eigenvalue weighted by Gasteiger charge is -2.19. The van der Waals surface area contributed by atoms with Crippen LogP contribution in [0.2, 0.25) is 0 Å². The molecule has 0 radical (unpaired) electrons. The van der Waals surface area contributed by atoms with E-state index < -0.39 is 48.3 Å². The van der Waals surface area contributed by atoms with E-state index in [-0.39, 0.29) is 91.4 Å². The molecule has 2 heterocycles. The Morgan fingerprint density at radius 2 is 0.521 bits per heavy atom. The van der Waals surface area contributed by atoms with Gasteiger partial charge in [-0.05, 0) is 189 Å². The highest BCUT2D eigenvalue weighted by molar-refractivity contribution is 6.27. The van der Waals surface area contributed by atoms with E-state index in [1.807, 2.05) is 243 Å². The first kappa shape index (κ1) is 39.7. The minimum Gasteiger partial charge on any atom is -0.456 e. The summed E-state index contributed by atoms with van der Waals surface area (Å²) in [5.41, 5.74) is 10.3. The quantitative estimate of drug-likeness (QED) is 0.123. The SMILES string of the molecule is [2H]c1c([2H])c([2H])c2c(-c3cc4ccccc4c4ccccc34)c3c([2H])c([2H])c([2H])c([2H])c3c(-c3ccc(-c4cccc5oc6ccccc6c45)cc3)c2c1[2H].[2H]c1c([2H])c([2H])c2c(-c3ccc4c(ccc5ccccc54)c3)c3c([2H])c([2H])c([2H])c([2H])c3c(-c3ccc(-c4cccc5oc6ccccc6c45)cc3)c2c1[2H]. The molecule has 0 unspecified atom stereocenters. The van der Waals surface area contributed by atoms with E-state index in [9.17, 15) is 11.0 Å². The molecule has 2 nitrogen and oxygen atoms in total. The Labute approximate surface area is 564 Å². The molecular formula is C92H56O2. The normalized spacial score (nSPS) is 14.2. The molecule has 0 N–H and O–H groups in total. The third-order valence-corrected chi connectivity index (χ3v) is 18.6. The summed E-state index contributed by atoms with van der Waals surface area (Å²) < 4.78 is 158. The predicted octanol–water partition coefficient (Wildman–Crippen LogP) is 26.4. The van der Waals surface area contributed by atoms with Crippen LogP contribution in [0.5, 0.6) is 0 Å². The first-order valence-electron chi connectivity index (χ1n) is 39.1. The summed E-state index contributed by atoms with van der Waals surface area (Å²) in [7, 11) is 0. The molecule has 0 aliphatic carbocycles. The number of fused-ring (bicyclic) bond motifs is 16. The van der Waals surface area contributed by atoms with E-state index >= 15 is 0 Å². The van der Waals surface area contributed by atoms with Gasteiger partial charge in [0.2, 0.25) is 0 Å². The summed E-state index contributed by atoms with van der Waals surface area (Å²) in [6.07, 6.45) is 0. The Bertz CT molecular complexity index is 7310. The smallest absolute Gasteiger partial charge is 0.136 e. The van der Waals surface area contributed by atoms with Gasteiger partial charge < -0.3 is 8.83 Å². The number of hydrogen-bond acceptors (Lipinski definition) is 2. The standard InChI is InChI=1S/2C46H28O/c1-2-11-34-29(10-1)22-25-32-28-33(26-27-35(32)34)45-39-14-5-3-12-37(39)44(38-13-4-6-15-40(38)45)31-23-20-30(21-24-31)36-17-9-19-43-46(36)41-16-7-8-18-42(41)47-43;1-2-13-32-31(12-1)28-41(35-15-4-3-14-34(32)35)45-38-18-7-5-16-36(38)44(37-17-6-8-19-39(37)45)30-26-24-29(25-27-30)33-21-11-23-43-46(33)40-20-9-10-22-42(40)47-43/h2*1-28H/i3D,4D,5D,6D,12D,13D,14D,15D;5D,6D,7D,8D,16D,17D,18D,19D. The number of hydrogen-bond donors (Lipinski definition) is 0. The molecule has 20 aromatic rings. The molecule has 0 amide bonds. The molecule has 0 spiro atoms. The van der Waals surface area contributed by atoms with Crippen molar-refractivity contribution in [2.45, 2.75) is 0 Å². The van der Waals surface area contributed by atoms with E-state index in [1.54, 1.807) is 0 Å². The summed E-state index contributed by atoms with van der Waals surface area (Å²) in [5.74, 6) is 0. The molecule has 0 aliphatic rings. The molecule has 2 heteroatoms. The Morgan fingerprint density at radius 1 is 0.191 bits per heavy atom. The predicted molar refractivity (Wildman–Crippen MR) is 400 cm³/mol. The van der Waals surface area contributed by atoms with Crippen LogP contribution in [-0.4, -0.2) is 0 Å². The van der Waals surface area contributed by atoms with Gasteiger partial charge in [0, 0.05) is 21.5 Å². The maximum absolute atomic E-state index is 9.42. The second-order valence-corrected chi connectivity index (χ2v) is 23.6. The van der Waals surface area contributed by atoms with Crippen LogP contribution in [0.3, 0.4) is 0 Å². The lowest BCUT2D eigenvalue weighted by molar-refractivity contribution is 0.668. The highest BCUT2D eigenvalue weighted by Crippen LogP contribution is 2.49. The summed E-state index contributed by atoms with van der Waals surface area (Å²) >= 11 is 0. The zero-order valence-corrected chi connectivity index (χ0v) is 49.9. The average molecular weight is 1210 g/mol. The molecule has 0 aliphatic heterocycles. The van der Waals surface area contributed by atoms with Gasteiger partial charge in [-0.15, -0.1) is 0 Å². The maximum Gasteiger partial charge on any atom is 0.136 e. The summed E-state index contributed by atoms with van der Waals surface area (Å²) in [6, 6.07) is 72.5. The van der Waals surface area contributed by atoms with Crippen molar-refractivity contribution in [2.75, 3.05) is 0 Å². The van der Waals surface area contributed by atoms with Crippen molar-refractivity contribution in [1.29, 1.82) is 0 Å². The van der Waals surface area contributed by atoms with Crippen LogP contribution >= 0.6 is 0 Å². The van der Waals surface area contributed by atoms with Crippen LogP contribution in [0.1, 0.15) is 21.9 Å². The van der Waals surface area contributed by atoms with Gasteiger partial charge in [-0.1, -0.05) is 303 Å². The highest BCUT2D eigenvalue weighted by Gasteiger charge is 2.22. The molecule has 0 saturated heterocycles. The first-order valence-corrected chi connectivity index (χ1v) is 31.1. The molecule has 0 fully saturated rings. The topological polar surface area (TPSA) is 26.3 Å². The van der Waals surface area contributed by atoms with Gasteiger partial charge >= 0.3 is 0 Å². The monoisotopic (exact) mass is 1210 g/mol. The van der Waals surface area contributed by atoms with Crippen molar-refractivity contribution in [1.82, 2.24) is 0 Å². The lowest BCUT2D eigenvalue weighted by Crippen LogP contribution is -1.92. The van der Waals surface area contributed by atoms with Gasteiger partial charge in [0.05, 0.1) is 21.9 Å². The van der Waals surface area contributed by atoms with Gasteiger partial charge in [-0.25, -0.2) is 0 Å².